The molecule has 2 atom stereocenters. The molecule has 3 nitrogen and oxygen atoms in total. The summed E-state index contributed by atoms with van der Waals surface area (Å²) in [6.45, 7) is 1.40. The monoisotopic (exact) mass is 220 g/mol. The van der Waals surface area contributed by atoms with Crippen molar-refractivity contribution in [2.75, 3.05) is 19.8 Å². The van der Waals surface area contributed by atoms with Crippen LogP contribution >= 0.6 is 0 Å². The van der Waals surface area contributed by atoms with Gasteiger partial charge in [-0.3, -0.25) is 4.79 Å². The molecule has 0 aliphatic carbocycles. The Morgan fingerprint density at radius 2 is 2.20 bits per heavy atom. The topological polar surface area (TPSA) is 35.5 Å². The van der Waals surface area contributed by atoms with Gasteiger partial charge in [-0.2, -0.15) is 0 Å². The first-order valence-corrected chi connectivity index (χ1v) is 5.17. The second-order valence-corrected chi connectivity index (χ2v) is 4.23. The Hall–Kier alpha value is -0.550. The molecule has 2 saturated heterocycles. The van der Waals surface area contributed by atoms with Crippen molar-refractivity contribution in [2.24, 2.45) is 5.92 Å². The zero-order valence-electron chi connectivity index (χ0n) is 8.38. The lowest BCUT2D eigenvalue weighted by molar-refractivity contribution is -0.146. The van der Waals surface area contributed by atoms with Gasteiger partial charge in [-0.05, 0) is 12.8 Å². The summed E-state index contributed by atoms with van der Waals surface area (Å²) in [7, 11) is 0. The Kier molecular flexibility index (Phi) is 3.02. The van der Waals surface area contributed by atoms with Crippen molar-refractivity contribution in [2.45, 2.75) is 31.3 Å². The molecule has 15 heavy (non-hydrogen) atoms. The second-order valence-electron chi connectivity index (χ2n) is 4.23. The lowest BCUT2D eigenvalue weighted by Gasteiger charge is -2.36. The van der Waals surface area contributed by atoms with Crippen molar-refractivity contribution >= 4 is 5.78 Å². The van der Waals surface area contributed by atoms with Crippen LogP contribution in [0.5, 0.6) is 0 Å². The van der Waals surface area contributed by atoms with E-state index in [1.807, 2.05) is 0 Å². The van der Waals surface area contributed by atoms with Crippen LogP contribution in [0, 0.1) is 5.92 Å². The number of carbonyl (C=O) groups is 1. The summed E-state index contributed by atoms with van der Waals surface area (Å²) < 4.78 is 35.3. The van der Waals surface area contributed by atoms with Gasteiger partial charge in [0.1, 0.15) is 0 Å². The Morgan fingerprint density at radius 1 is 1.40 bits per heavy atom. The van der Waals surface area contributed by atoms with E-state index in [9.17, 15) is 13.6 Å². The quantitative estimate of drug-likeness (QED) is 0.705. The van der Waals surface area contributed by atoms with Gasteiger partial charge in [0.05, 0.1) is 12.2 Å². The first-order valence-electron chi connectivity index (χ1n) is 5.17. The second kappa shape index (κ2) is 4.14. The lowest BCUT2D eigenvalue weighted by Crippen LogP contribution is -2.43. The zero-order chi connectivity index (χ0) is 10.9. The highest BCUT2D eigenvalue weighted by Crippen LogP contribution is 2.36. The highest BCUT2D eigenvalue weighted by Gasteiger charge is 2.44. The summed E-state index contributed by atoms with van der Waals surface area (Å²) in [6, 6.07) is 0. The minimum Gasteiger partial charge on any atom is -0.378 e. The zero-order valence-corrected chi connectivity index (χ0v) is 8.38. The van der Waals surface area contributed by atoms with Crippen molar-refractivity contribution in [3.8, 4) is 0 Å². The molecule has 2 fully saturated rings. The van der Waals surface area contributed by atoms with E-state index in [-0.39, 0.29) is 0 Å². The van der Waals surface area contributed by atoms with Crippen LogP contribution in [0.2, 0.25) is 0 Å². The number of alkyl halides is 2. The third-order valence-corrected chi connectivity index (χ3v) is 3.18. The van der Waals surface area contributed by atoms with Crippen LogP contribution in [0.4, 0.5) is 8.78 Å². The van der Waals surface area contributed by atoms with E-state index in [4.69, 9.17) is 9.47 Å². The third-order valence-electron chi connectivity index (χ3n) is 3.18. The summed E-state index contributed by atoms with van der Waals surface area (Å²) in [6.07, 6.45) is -1.35. The summed E-state index contributed by atoms with van der Waals surface area (Å²) >= 11 is 0. The summed E-state index contributed by atoms with van der Waals surface area (Å²) in [5.74, 6) is -1.50. The van der Waals surface area contributed by atoms with Gasteiger partial charge in [0, 0.05) is 25.6 Å². The molecule has 0 aromatic rings. The molecule has 0 N–H and O–H groups in total. The first-order chi connectivity index (χ1) is 7.13. The Morgan fingerprint density at radius 3 is 2.80 bits per heavy atom. The van der Waals surface area contributed by atoms with Crippen molar-refractivity contribution < 1.29 is 23.0 Å². The molecular weight excluding hydrogens is 206 g/mol. The molecule has 1 spiro atoms. The van der Waals surface area contributed by atoms with Crippen molar-refractivity contribution in [3.63, 3.8) is 0 Å². The van der Waals surface area contributed by atoms with Gasteiger partial charge in [0.25, 0.3) is 6.43 Å². The molecule has 2 unspecified atom stereocenters. The minimum atomic E-state index is -2.85. The standard InChI is InChI=1S/C10H14F2O3/c11-9(12)8(13)7-1-3-15-10(5-7)2-4-14-6-10/h7,9H,1-6H2. The fourth-order valence-electron chi connectivity index (χ4n) is 2.31. The largest absolute Gasteiger partial charge is 0.378 e. The number of rotatable bonds is 2. The average molecular weight is 220 g/mol. The molecule has 2 aliphatic heterocycles. The molecule has 0 bridgehead atoms. The number of hydrogen-bond donors (Lipinski definition) is 0. The van der Waals surface area contributed by atoms with E-state index in [0.717, 1.165) is 0 Å². The van der Waals surface area contributed by atoms with Gasteiger partial charge < -0.3 is 9.47 Å². The lowest BCUT2D eigenvalue weighted by atomic mass is 9.83. The molecule has 0 saturated carbocycles. The molecule has 5 heteroatoms. The van der Waals surface area contributed by atoms with Crippen LogP contribution in [0.3, 0.4) is 0 Å². The maximum atomic E-state index is 12.3. The summed E-state index contributed by atoms with van der Waals surface area (Å²) in [5.41, 5.74) is -0.465. The van der Waals surface area contributed by atoms with Gasteiger partial charge in [-0.15, -0.1) is 0 Å². The first kappa shape index (κ1) is 11.0. The van der Waals surface area contributed by atoms with Crippen LogP contribution in [0.15, 0.2) is 0 Å². The van der Waals surface area contributed by atoms with Crippen molar-refractivity contribution in [1.82, 2.24) is 0 Å². The van der Waals surface area contributed by atoms with E-state index in [1.165, 1.54) is 0 Å². The van der Waals surface area contributed by atoms with E-state index in [0.29, 0.717) is 39.1 Å². The van der Waals surface area contributed by atoms with E-state index < -0.39 is 23.7 Å². The van der Waals surface area contributed by atoms with Crippen LogP contribution < -0.4 is 0 Å². The number of ether oxygens (including phenoxy) is 2. The molecule has 0 aromatic carbocycles. The number of carbonyl (C=O) groups excluding carboxylic acids is 1. The molecular formula is C10H14F2O3. The maximum Gasteiger partial charge on any atom is 0.296 e. The average Bonchev–Trinajstić information content (AvgIpc) is 2.65. The molecule has 0 aromatic heterocycles. The fraction of sp³-hybridized carbons (Fsp3) is 0.900. The molecule has 0 radical (unpaired) electrons. The smallest absolute Gasteiger partial charge is 0.296 e. The fourth-order valence-corrected chi connectivity index (χ4v) is 2.31. The Balaban J connectivity index is 2.00. The highest BCUT2D eigenvalue weighted by molar-refractivity contribution is 5.84. The Bertz CT molecular complexity index is 249. The molecule has 2 heterocycles. The summed E-state index contributed by atoms with van der Waals surface area (Å²) in [4.78, 5) is 11.2. The molecule has 2 aliphatic rings. The molecule has 86 valence electrons. The predicted molar refractivity (Wildman–Crippen MR) is 47.9 cm³/mol. The Labute approximate surface area is 86.7 Å². The van der Waals surface area contributed by atoms with Crippen LogP contribution in [0.1, 0.15) is 19.3 Å². The number of halogens is 2. The number of Topliss-reactive ketones (excluding diaryl/α,β-unsaturated/α-hetero) is 1. The van der Waals surface area contributed by atoms with Gasteiger partial charge in [-0.1, -0.05) is 0 Å². The molecule has 2 rings (SSSR count). The van der Waals surface area contributed by atoms with Crippen LogP contribution in [-0.2, 0) is 14.3 Å². The van der Waals surface area contributed by atoms with Crippen molar-refractivity contribution in [3.05, 3.63) is 0 Å². The minimum absolute atomic E-state index is 0.381. The van der Waals surface area contributed by atoms with Gasteiger partial charge in [0.2, 0.25) is 5.78 Å². The molecule has 0 amide bonds. The number of ketones is 1. The van der Waals surface area contributed by atoms with Crippen LogP contribution in [0.25, 0.3) is 0 Å². The predicted octanol–water partition coefficient (Wildman–Crippen LogP) is 1.41. The van der Waals surface area contributed by atoms with Gasteiger partial charge in [0.15, 0.2) is 0 Å². The third kappa shape index (κ3) is 2.18. The van der Waals surface area contributed by atoms with E-state index >= 15 is 0 Å². The summed E-state index contributed by atoms with van der Waals surface area (Å²) in [5, 5.41) is 0. The maximum absolute atomic E-state index is 12.3. The van der Waals surface area contributed by atoms with E-state index in [1.54, 1.807) is 0 Å². The van der Waals surface area contributed by atoms with Crippen molar-refractivity contribution in [1.29, 1.82) is 0 Å². The van der Waals surface area contributed by atoms with Gasteiger partial charge in [-0.25, -0.2) is 8.78 Å². The number of hydrogen-bond acceptors (Lipinski definition) is 3. The van der Waals surface area contributed by atoms with E-state index in [2.05, 4.69) is 0 Å². The van der Waals surface area contributed by atoms with Crippen LogP contribution in [-0.4, -0.2) is 37.6 Å². The normalized spacial score (nSPS) is 36.3. The van der Waals surface area contributed by atoms with Gasteiger partial charge >= 0.3 is 0 Å². The SMILES string of the molecule is O=C(C(F)F)C1CCOC2(CCOC2)C1. The highest BCUT2D eigenvalue weighted by atomic mass is 19.3.